The summed E-state index contributed by atoms with van der Waals surface area (Å²) in [6.45, 7) is 1.38. The molecule has 0 radical (unpaired) electrons. The van der Waals surface area contributed by atoms with Crippen LogP contribution in [0.2, 0.25) is 0 Å². The summed E-state index contributed by atoms with van der Waals surface area (Å²) in [5, 5.41) is 3.35. The standard InChI is InChI=1S/C4H10N4.CH4/c1-8(2)4-3-6-7-5;/h3-4H2,1-2H3;1H4. The van der Waals surface area contributed by atoms with E-state index in [1.165, 1.54) is 0 Å². The molecule has 54 valence electrons. The van der Waals surface area contributed by atoms with Gasteiger partial charge in [-0.1, -0.05) is 12.5 Å². The Morgan fingerprint density at radius 1 is 1.56 bits per heavy atom. The first-order chi connectivity index (χ1) is 3.77. The summed E-state index contributed by atoms with van der Waals surface area (Å²) in [4.78, 5) is 4.57. The van der Waals surface area contributed by atoms with Crippen LogP contribution in [-0.2, 0) is 0 Å². The fourth-order valence-electron chi connectivity index (χ4n) is 0.289. The van der Waals surface area contributed by atoms with Crippen molar-refractivity contribution in [1.29, 1.82) is 0 Å². The average molecular weight is 130 g/mol. The van der Waals surface area contributed by atoms with Gasteiger partial charge in [-0.25, -0.2) is 0 Å². The second-order valence-electron chi connectivity index (χ2n) is 1.76. The molecular formula is C5H14N4. The number of nitrogens with zero attached hydrogens (tertiary/aromatic N) is 4. The molecule has 0 aliphatic heterocycles. The lowest BCUT2D eigenvalue weighted by molar-refractivity contribution is 0.420. The molecule has 0 aliphatic carbocycles. The van der Waals surface area contributed by atoms with Crippen LogP contribution in [-0.4, -0.2) is 32.1 Å². The zero-order valence-electron chi connectivity index (χ0n) is 5.20. The van der Waals surface area contributed by atoms with Crippen LogP contribution in [0.5, 0.6) is 0 Å². The first-order valence-electron chi connectivity index (χ1n) is 2.43. The van der Waals surface area contributed by atoms with Crippen LogP contribution in [0.15, 0.2) is 5.11 Å². The molecule has 4 nitrogen and oxygen atoms in total. The summed E-state index contributed by atoms with van der Waals surface area (Å²) >= 11 is 0. The van der Waals surface area contributed by atoms with E-state index in [2.05, 4.69) is 10.0 Å². The van der Waals surface area contributed by atoms with Gasteiger partial charge in [0, 0.05) is 18.0 Å². The van der Waals surface area contributed by atoms with Gasteiger partial charge in [-0.15, -0.1) is 0 Å². The Morgan fingerprint density at radius 2 is 2.11 bits per heavy atom. The second kappa shape index (κ2) is 7.27. The molecule has 0 amide bonds. The lowest BCUT2D eigenvalue weighted by Crippen LogP contribution is -2.14. The van der Waals surface area contributed by atoms with Crippen molar-refractivity contribution < 1.29 is 0 Å². The van der Waals surface area contributed by atoms with E-state index < -0.39 is 0 Å². The van der Waals surface area contributed by atoms with Gasteiger partial charge in [0.15, 0.2) is 0 Å². The lowest BCUT2D eigenvalue weighted by Gasteiger charge is -2.03. The minimum Gasteiger partial charge on any atom is -0.309 e. The third-order valence-corrected chi connectivity index (χ3v) is 0.710. The summed E-state index contributed by atoms with van der Waals surface area (Å²) in [7, 11) is 3.87. The van der Waals surface area contributed by atoms with Crippen molar-refractivity contribution in [2.75, 3.05) is 27.2 Å². The minimum absolute atomic E-state index is 0. The van der Waals surface area contributed by atoms with Crippen LogP contribution >= 0.6 is 0 Å². The number of hydrogen-bond acceptors (Lipinski definition) is 2. The molecule has 9 heavy (non-hydrogen) atoms. The van der Waals surface area contributed by atoms with Crippen LogP contribution in [0.1, 0.15) is 7.43 Å². The maximum absolute atomic E-state index is 7.82. The first kappa shape index (κ1) is 11.1. The lowest BCUT2D eigenvalue weighted by atomic mass is 10.6. The summed E-state index contributed by atoms with van der Waals surface area (Å²) in [6, 6.07) is 0. The smallest absolute Gasteiger partial charge is 0.0385 e. The van der Waals surface area contributed by atoms with Crippen molar-refractivity contribution in [3.63, 3.8) is 0 Å². The maximum Gasteiger partial charge on any atom is 0.0385 e. The molecule has 0 atom stereocenters. The Morgan fingerprint density at radius 3 is 2.44 bits per heavy atom. The molecule has 0 aromatic rings. The van der Waals surface area contributed by atoms with Crippen molar-refractivity contribution >= 4 is 0 Å². The van der Waals surface area contributed by atoms with Gasteiger partial charge in [-0.2, -0.15) is 0 Å². The highest BCUT2D eigenvalue weighted by molar-refractivity contribution is 4.48. The summed E-state index contributed by atoms with van der Waals surface area (Å²) in [6.07, 6.45) is 0. The van der Waals surface area contributed by atoms with Gasteiger partial charge in [-0.05, 0) is 19.6 Å². The molecule has 0 aromatic heterocycles. The SMILES string of the molecule is C.CN(C)CCN=[N+]=[N-]. The van der Waals surface area contributed by atoms with E-state index in [-0.39, 0.29) is 7.43 Å². The molecule has 0 aliphatic rings. The van der Waals surface area contributed by atoms with Gasteiger partial charge in [0.05, 0.1) is 0 Å². The van der Waals surface area contributed by atoms with E-state index in [1.54, 1.807) is 0 Å². The number of hydrogen-bond donors (Lipinski definition) is 0. The van der Waals surface area contributed by atoms with Crippen LogP contribution in [0.4, 0.5) is 0 Å². The second-order valence-corrected chi connectivity index (χ2v) is 1.76. The van der Waals surface area contributed by atoms with Gasteiger partial charge < -0.3 is 4.90 Å². The van der Waals surface area contributed by atoms with Gasteiger partial charge in [-0.3, -0.25) is 0 Å². The van der Waals surface area contributed by atoms with E-state index in [0.717, 1.165) is 6.54 Å². The Labute approximate surface area is 56.1 Å². The summed E-state index contributed by atoms with van der Waals surface area (Å²) in [5.74, 6) is 0. The number of likely N-dealkylation sites (N-methyl/N-ethyl adjacent to an activating group) is 1. The Hall–Kier alpha value is -0.730. The zero-order valence-corrected chi connectivity index (χ0v) is 5.20. The van der Waals surface area contributed by atoms with Crippen LogP contribution < -0.4 is 0 Å². The maximum atomic E-state index is 7.82. The Bertz CT molecular complexity index is 93.1. The van der Waals surface area contributed by atoms with Crippen molar-refractivity contribution in [3.8, 4) is 0 Å². The molecule has 0 unspecified atom stereocenters. The average Bonchev–Trinajstić information content (AvgIpc) is 1.66. The zero-order chi connectivity index (χ0) is 6.41. The topological polar surface area (TPSA) is 52.0 Å². The predicted molar refractivity (Wildman–Crippen MR) is 39.3 cm³/mol. The van der Waals surface area contributed by atoms with Crippen molar-refractivity contribution in [2.24, 2.45) is 5.11 Å². The van der Waals surface area contributed by atoms with Gasteiger partial charge in [0.1, 0.15) is 0 Å². The molecule has 0 bridgehead atoms. The predicted octanol–water partition coefficient (Wildman–Crippen LogP) is 1.49. The molecule has 0 saturated carbocycles. The molecule has 0 heterocycles. The first-order valence-corrected chi connectivity index (χ1v) is 2.43. The van der Waals surface area contributed by atoms with E-state index in [1.807, 2.05) is 19.0 Å². The van der Waals surface area contributed by atoms with Gasteiger partial charge in [0.2, 0.25) is 0 Å². The van der Waals surface area contributed by atoms with Crippen LogP contribution in [0, 0.1) is 0 Å². The Kier molecular flexibility index (Phi) is 8.98. The highest BCUT2D eigenvalue weighted by atomic mass is 15.2. The van der Waals surface area contributed by atoms with Crippen molar-refractivity contribution in [3.05, 3.63) is 10.4 Å². The third-order valence-electron chi connectivity index (χ3n) is 0.710. The summed E-state index contributed by atoms with van der Waals surface area (Å²) in [5.41, 5.74) is 7.82. The van der Waals surface area contributed by atoms with E-state index in [9.17, 15) is 0 Å². The molecule has 0 N–H and O–H groups in total. The van der Waals surface area contributed by atoms with E-state index in [4.69, 9.17) is 5.53 Å². The normalized spacial score (nSPS) is 7.89. The molecule has 0 saturated heterocycles. The fraction of sp³-hybridized carbons (Fsp3) is 1.00. The molecule has 0 fully saturated rings. The van der Waals surface area contributed by atoms with Gasteiger partial charge >= 0.3 is 0 Å². The molecular weight excluding hydrogens is 116 g/mol. The molecule has 0 spiro atoms. The van der Waals surface area contributed by atoms with Crippen molar-refractivity contribution in [2.45, 2.75) is 7.43 Å². The Balaban J connectivity index is 0. The van der Waals surface area contributed by atoms with Crippen molar-refractivity contribution in [1.82, 2.24) is 4.90 Å². The highest BCUT2D eigenvalue weighted by Gasteiger charge is 1.83. The monoisotopic (exact) mass is 130 g/mol. The number of azide groups is 1. The van der Waals surface area contributed by atoms with Crippen LogP contribution in [0.3, 0.4) is 0 Å². The van der Waals surface area contributed by atoms with E-state index >= 15 is 0 Å². The number of rotatable bonds is 3. The molecule has 4 heteroatoms. The van der Waals surface area contributed by atoms with Crippen LogP contribution in [0.25, 0.3) is 10.4 Å². The molecule has 0 rings (SSSR count). The van der Waals surface area contributed by atoms with Gasteiger partial charge in [0.25, 0.3) is 0 Å². The third kappa shape index (κ3) is 11.1. The largest absolute Gasteiger partial charge is 0.309 e. The van der Waals surface area contributed by atoms with E-state index in [0.29, 0.717) is 6.54 Å². The fourth-order valence-corrected chi connectivity index (χ4v) is 0.289. The molecule has 0 aromatic carbocycles. The minimum atomic E-state index is 0. The highest BCUT2D eigenvalue weighted by Crippen LogP contribution is 1.74. The summed E-state index contributed by atoms with van der Waals surface area (Å²) < 4.78 is 0. The quantitative estimate of drug-likeness (QED) is 0.324.